The van der Waals surface area contributed by atoms with Crippen molar-refractivity contribution in [3.63, 3.8) is 0 Å². The molecule has 1 saturated heterocycles. The average molecular weight is 283 g/mol. The Morgan fingerprint density at radius 2 is 2.00 bits per heavy atom. The molecule has 4 rings (SSSR count). The van der Waals surface area contributed by atoms with Gasteiger partial charge in [-0.05, 0) is 49.9 Å². The van der Waals surface area contributed by atoms with Gasteiger partial charge in [0.15, 0.2) is 5.82 Å². The van der Waals surface area contributed by atoms with Gasteiger partial charge in [0.05, 0.1) is 0 Å². The summed E-state index contributed by atoms with van der Waals surface area (Å²) in [6, 6.07) is 4.20. The molecule has 0 spiro atoms. The fourth-order valence-electron chi connectivity index (χ4n) is 3.17. The van der Waals surface area contributed by atoms with Gasteiger partial charge in [-0.2, -0.15) is 5.10 Å². The van der Waals surface area contributed by atoms with Crippen molar-refractivity contribution in [1.29, 1.82) is 0 Å². The van der Waals surface area contributed by atoms with E-state index in [0.29, 0.717) is 11.8 Å². The number of piperidine rings is 1. The minimum atomic E-state index is 0.476. The quantitative estimate of drug-likeness (QED) is 0.936. The number of H-pyrrole nitrogens is 1. The molecular weight excluding hydrogens is 262 g/mol. The second-order valence-corrected chi connectivity index (χ2v) is 6.28. The summed E-state index contributed by atoms with van der Waals surface area (Å²) in [6.07, 6.45) is 8.71. The summed E-state index contributed by atoms with van der Waals surface area (Å²) in [5, 5.41) is 7.61. The van der Waals surface area contributed by atoms with Gasteiger partial charge in [0, 0.05) is 37.3 Å². The molecule has 2 aromatic heterocycles. The molecule has 3 heterocycles. The molecular formula is C16H21N5. The van der Waals surface area contributed by atoms with Crippen LogP contribution in [0.1, 0.15) is 54.7 Å². The highest BCUT2D eigenvalue weighted by Gasteiger charge is 2.30. The second kappa shape index (κ2) is 5.56. The lowest BCUT2D eigenvalue weighted by molar-refractivity contribution is 0.196. The summed E-state index contributed by atoms with van der Waals surface area (Å²) in [4.78, 5) is 11.3. The Labute approximate surface area is 124 Å². The smallest absolute Gasteiger partial charge is 0.155 e. The van der Waals surface area contributed by atoms with Crippen LogP contribution >= 0.6 is 0 Å². The molecule has 0 amide bonds. The zero-order valence-corrected chi connectivity index (χ0v) is 12.2. The summed E-state index contributed by atoms with van der Waals surface area (Å²) >= 11 is 0. The molecule has 1 aliphatic carbocycles. The van der Waals surface area contributed by atoms with E-state index in [9.17, 15) is 0 Å². The number of nitrogens with zero attached hydrogens (tertiary/aromatic N) is 4. The first kappa shape index (κ1) is 13.0. The van der Waals surface area contributed by atoms with Crippen molar-refractivity contribution in [1.82, 2.24) is 25.1 Å². The van der Waals surface area contributed by atoms with Gasteiger partial charge < -0.3 is 0 Å². The molecule has 2 aliphatic rings. The Balaban J connectivity index is 1.42. The van der Waals surface area contributed by atoms with E-state index in [4.69, 9.17) is 4.98 Å². The van der Waals surface area contributed by atoms with Crippen LogP contribution < -0.4 is 0 Å². The highest BCUT2D eigenvalue weighted by molar-refractivity contribution is 5.11. The van der Waals surface area contributed by atoms with E-state index in [1.807, 2.05) is 12.4 Å². The van der Waals surface area contributed by atoms with Crippen molar-refractivity contribution in [2.24, 2.45) is 0 Å². The molecule has 0 aromatic carbocycles. The van der Waals surface area contributed by atoms with E-state index in [2.05, 4.69) is 32.2 Å². The van der Waals surface area contributed by atoms with Crippen LogP contribution in [0.4, 0.5) is 0 Å². The zero-order valence-electron chi connectivity index (χ0n) is 12.2. The summed E-state index contributed by atoms with van der Waals surface area (Å²) in [7, 11) is 0. The molecule has 2 fully saturated rings. The van der Waals surface area contributed by atoms with Gasteiger partial charge in [-0.25, -0.2) is 4.98 Å². The number of aromatic amines is 1. The first-order valence-corrected chi connectivity index (χ1v) is 7.92. The molecule has 1 saturated carbocycles. The molecule has 110 valence electrons. The Morgan fingerprint density at radius 1 is 1.14 bits per heavy atom. The minimum absolute atomic E-state index is 0.476. The van der Waals surface area contributed by atoms with Gasteiger partial charge >= 0.3 is 0 Å². The maximum absolute atomic E-state index is 4.73. The van der Waals surface area contributed by atoms with Gasteiger partial charge in [-0.3, -0.25) is 15.0 Å². The molecule has 0 radical (unpaired) electrons. The third-order valence-electron chi connectivity index (χ3n) is 4.51. The second-order valence-electron chi connectivity index (χ2n) is 6.28. The largest absolute Gasteiger partial charge is 0.298 e. The third kappa shape index (κ3) is 2.97. The van der Waals surface area contributed by atoms with Crippen molar-refractivity contribution in [3.05, 3.63) is 41.7 Å². The number of nitrogens with one attached hydrogen (secondary N) is 1. The predicted molar refractivity (Wildman–Crippen MR) is 79.8 cm³/mol. The highest BCUT2D eigenvalue weighted by Crippen LogP contribution is 2.38. The highest BCUT2D eigenvalue weighted by atomic mass is 15.2. The molecule has 5 nitrogen and oxygen atoms in total. The van der Waals surface area contributed by atoms with Crippen LogP contribution in [0.15, 0.2) is 24.5 Å². The molecule has 1 N–H and O–H groups in total. The molecule has 2 aromatic rings. The standard InChI is InChI=1S/C16H21N5/c1-2-14(16-18-15(19-20-16)13-3-4-13)11-21(9-1)10-12-5-7-17-8-6-12/h5-8,13-14H,1-4,9-11H2,(H,18,19,20)/t14-/m0/s1. The number of hydrogen-bond donors (Lipinski definition) is 1. The van der Waals surface area contributed by atoms with Crippen molar-refractivity contribution in [3.8, 4) is 0 Å². The van der Waals surface area contributed by atoms with Crippen LogP contribution in [-0.4, -0.2) is 38.2 Å². The fourth-order valence-corrected chi connectivity index (χ4v) is 3.17. The predicted octanol–water partition coefficient (Wildman–Crippen LogP) is 2.46. The van der Waals surface area contributed by atoms with Gasteiger partial charge in [0.25, 0.3) is 0 Å². The van der Waals surface area contributed by atoms with Gasteiger partial charge in [-0.15, -0.1) is 0 Å². The van der Waals surface area contributed by atoms with Crippen LogP contribution in [0.25, 0.3) is 0 Å². The Kier molecular flexibility index (Phi) is 3.43. The normalized spacial score (nSPS) is 23.3. The lowest BCUT2D eigenvalue weighted by Gasteiger charge is -2.31. The van der Waals surface area contributed by atoms with Crippen molar-refractivity contribution < 1.29 is 0 Å². The third-order valence-corrected chi connectivity index (χ3v) is 4.51. The van der Waals surface area contributed by atoms with E-state index in [1.165, 1.54) is 37.8 Å². The molecule has 1 aliphatic heterocycles. The van der Waals surface area contributed by atoms with E-state index in [0.717, 1.165) is 24.7 Å². The minimum Gasteiger partial charge on any atom is -0.298 e. The van der Waals surface area contributed by atoms with Crippen LogP contribution in [0.3, 0.4) is 0 Å². The van der Waals surface area contributed by atoms with Crippen molar-refractivity contribution >= 4 is 0 Å². The maximum Gasteiger partial charge on any atom is 0.155 e. The summed E-state index contributed by atoms with van der Waals surface area (Å²) < 4.78 is 0. The SMILES string of the molecule is c1cc(CN2CCC[C@H](c3n[nH]c(C4CC4)n3)C2)ccn1. The van der Waals surface area contributed by atoms with Gasteiger partial charge in [-0.1, -0.05) is 0 Å². The molecule has 21 heavy (non-hydrogen) atoms. The van der Waals surface area contributed by atoms with Crippen LogP contribution in [0, 0.1) is 0 Å². The number of hydrogen-bond acceptors (Lipinski definition) is 4. The summed E-state index contributed by atoms with van der Waals surface area (Å²) in [5.74, 6) is 3.26. The summed E-state index contributed by atoms with van der Waals surface area (Å²) in [6.45, 7) is 3.22. The Morgan fingerprint density at radius 3 is 2.81 bits per heavy atom. The van der Waals surface area contributed by atoms with Crippen LogP contribution in [0.5, 0.6) is 0 Å². The summed E-state index contributed by atoms with van der Waals surface area (Å²) in [5.41, 5.74) is 1.33. The molecule has 5 heteroatoms. The first-order chi connectivity index (χ1) is 10.4. The fraction of sp³-hybridized carbons (Fsp3) is 0.562. The average Bonchev–Trinajstić information content (AvgIpc) is 3.26. The maximum atomic E-state index is 4.73. The van der Waals surface area contributed by atoms with Crippen LogP contribution in [-0.2, 0) is 6.54 Å². The molecule has 1 atom stereocenters. The Bertz CT molecular complexity index is 590. The van der Waals surface area contributed by atoms with E-state index in [-0.39, 0.29) is 0 Å². The van der Waals surface area contributed by atoms with Crippen molar-refractivity contribution in [2.75, 3.05) is 13.1 Å². The van der Waals surface area contributed by atoms with Gasteiger partial charge in [0.1, 0.15) is 5.82 Å². The molecule has 0 unspecified atom stereocenters. The first-order valence-electron chi connectivity index (χ1n) is 7.92. The number of pyridine rings is 1. The topological polar surface area (TPSA) is 57.7 Å². The van der Waals surface area contributed by atoms with E-state index < -0.39 is 0 Å². The van der Waals surface area contributed by atoms with Gasteiger partial charge in [0.2, 0.25) is 0 Å². The number of aromatic nitrogens is 4. The molecule has 0 bridgehead atoms. The Hall–Kier alpha value is -1.75. The van der Waals surface area contributed by atoms with E-state index in [1.54, 1.807) is 0 Å². The zero-order chi connectivity index (χ0) is 14.1. The number of likely N-dealkylation sites (tertiary alicyclic amines) is 1. The lowest BCUT2D eigenvalue weighted by atomic mass is 9.97. The van der Waals surface area contributed by atoms with E-state index >= 15 is 0 Å². The van der Waals surface area contributed by atoms with Crippen LogP contribution in [0.2, 0.25) is 0 Å². The number of rotatable bonds is 4. The lowest BCUT2D eigenvalue weighted by Crippen LogP contribution is -2.34. The monoisotopic (exact) mass is 283 g/mol. The van der Waals surface area contributed by atoms with Crippen molar-refractivity contribution in [2.45, 2.75) is 44.1 Å².